The van der Waals surface area contributed by atoms with Gasteiger partial charge < -0.3 is 0 Å². The highest BCUT2D eigenvalue weighted by atomic mass is 35.5. The van der Waals surface area contributed by atoms with Crippen molar-refractivity contribution in [1.29, 1.82) is 0 Å². The van der Waals surface area contributed by atoms with E-state index in [-0.39, 0.29) is 0 Å². The SMILES string of the molecule is ClCCc1nc2cccc(Cl)c2n1-c1ccc(Cl)cc1Cl. The Morgan fingerprint density at radius 2 is 1.81 bits per heavy atom. The number of para-hydroxylation sites is 1. The average Bonchev–Trinajstić information content (AvgIpc) is 2.79. The number of hydrogen-bond donors (Lipinski definition) is 0. The van der Waals surface area contributed by atoms with Crippen molar-refractivity contribution in [2.75, 3.05) is 5.88 Å². The first-order valence-corrected chi connectivity index (χ1v) is 7.96. The minimum Gasteiger partial charge on any atom is -0.293 e. The molecule has 21 heavy (non-hydrogen) atoms. The van der Waals surface area contributed by atoms with Crippen LogP contribution in [0.4, 0.5) is 0 Å². The van der Waals surface area contributed by atoms with Gasteiger partial charge in [-0.1, -0.05) is 40.9 Å². The van der Waals surface area contributed by atoms with Crippen LogP contribution in [0.2, 0.25) is 15.1 Å². The minimum atomic E-state index is 0.464. The Labute approximate surface area is 142 Å². The molecule has 0 bridgehead atoms. The topological polar surface area (TPSA) is 17.8 Å². The maximum absolute atomic E-state index is 6.35. The molecule has 3 aromatic rings. The summed E-state index contributed by atoms with van der Waals surface area (Å²) in [6.45, 7) is 0. The first kappa shape index (κ1) is 15.0. The molecule has 0 radical (unpaired) electrons. The fourth-order valence-electron chi connectivity index (χ4n) is 2.31. The van der Waals surface area contributed by atoms with Crippen molar-refractivity contribution >= 4 is 57.4 Å². The number of nitrogens with zero attached hydrogens (tertiary/aromatic N) is 2. The Kier molecular flexibility index (Phi) is 4.32. The molecule has 1 heterocycles. The van der Waals surface area contributed by atoms with Crippen LogP contribution in [-0.4, -0.2) is 15.4 Å². The van der Waals surface area contributed by atoms with E-state index >= 15 is 0 Å². The maximum Gasteiger partial charge on any atom is 0.115 e. The molecule has 0 fully saturated rings. The number of halogens is 4. The van der Waals surface area contributed by atoms with Gasteiger partial charge in [0.1, 0.15) is 5.82 Å². The van der Waals surface area contributed by atoms with Gasteiger partial charge in [-0.05, 0) is 30.3 Å². The van der Waals surface area contributed by atoms with Gasteiger partial charge in [0.2, 0.25) is 0 Å². The number of fused-ring (bicyclic) bond motifs is 1. The molecular formula is C15H10Cl4N2. The van der Waals surface area contributed by atoms with E-state index in [1.807, 2.05) is 28.8 Å². The van der Waals surface area contributed by atoms with Gasteiger partial charge in [0.05, 0.1) is 26.8 Å². The van der Waals surface area contributed by atoms with E-state index in [0.717, 1.165) is 22.5 Å². The van der Waals surface area contributed by atoms with E-state index in [4.69, 9.17) is 46.4 Å². The molecule has 0 aliphatic rings. The number of aryl methyl sites for hydroxylation is 1. The summed E-state index contributed by atoms with van der Waals surface area (Å²) in [7, 11) is 0. The number of alkyl halides is 1. The van der Waals surface area contributed by atoms with Crippen LogP contribution in [-0.2, 0) is 6.42 Å². The largest absolute Gasteiger partial charge is 0.293 e. The summed E-state index contributed by atoms with van der Waals surface area (Å²) in [6, 6.07) is 11.0. The van der Waals surface area contributed by atoms with Gasteiger partial charge in [0, 0.05) is 17.3 Å². The first-order chi connectivity index (χ1) is 10.1. The summed E-state index contributed by atoms with van der Waals surface area (Å²) in [4.78, 5) is 4.61. The van der Waals surface area contributed by atoms with Gasteiger partial charge in [0.25, 0.3) is 0 Å². The highest BCUT2D eigenvalue weighted by Crippen LogP contribution is 2.32. The minimum absolute atomic E-state index is 0.464. The van der Waals surface area contributed by atoms with E-state index in [9.17, 15) is 0 Å². The van der Waals surface area contributed by atoms with Crippen LogP contribution in [0.25, 0.3) is 16.7 Å². The maximum atomic E-state index is 6.35. The number of hydrogen-bond acceptors (Lipinski definition) is 1. The van der Waals surface area contributed by atoms with Crippen molar-refractivity contribution in [2.24, 2.45) is 0 Å². The van der Waals surface area contributed by atoms with E-state index in [2.05, 4.69) is 4.98 Å². The average molecular weight is 360 g/mol. The molecule has 6 heteroatoms. The predicted molar refractivity (Wildman–Crippen MR) is 90.5 cm³/mol. The number of aromatic nitrogens is 2. The standard InChI is InChI=1S/C15H10Cl4N2/c16-7-6-14-20-12-3-1-2-10(18)15(12)21(14)13-5-4-9(17)8-11(13)19/h1-5,8H,6-7H2. The highest BCUT2D eigenvalue weighted by molar-refractivity contribution is 6.36. The third-order valence-electron chi connectivity index (χ3n) is 3.17. The summed E-state index contributed by atoms with van der Waals surface area (Å²) in [5.41, 5.74) is 2.42. The first-order valence-electron chi connectivity index (χ1n) is 6.29. The van der Waals surface area contributed by atoms with Crippen molar-refractivity contribution < 1.29 is 0 Å². The van der Waals surface area contributed by atoms with Gasteiger partial charge in [-0.3, -0.25) is 4.57 Å². The van der Waals surface area contributed by atoms with Crippen LogP contribution in [0.1, 0.15) is 5.82 Å². The number of imidazole rings is 1. The van der Waals surface area contributed by atoms with Crippen LogP contribution in [0.15, 0.2) is 36.4 Å². The summed E-state index contributed by atoms with van der Waals surface area (Å²) >= 11 is 24.5. The monoisotopic (exact) mass is 358 g/mol. The van der Waals surface area contributed by atoms with Crippen molar-refractivity contribution in [2.45, 2.75) is 6.42 Å². The molecule has 0 spiro atoms. The van der Waals surface area contributed by atoms with Crippen LogP contribution in [0.5, 0.6) is 0 Å². The second-order valence-electron chi connectivity index (χ2n) is 4.51. The van der Waals surface area contributed by atoms with Crippen LogP contribution in [0.3, 0.4) is 0 Å². The molecular weight excluding hydrogens is 350 g/mol. The third-order valence-corrected chi connectivity index (χ3v) is 4.20. The molecule has 0 N–H and O–H groups in total. The Morgan fingerprint density at radius 3 is 2.52 bits per heavy atom. The summed E-state index contributed by atoms with van der Waals surface area (Å²) in [5.74, 6) is 1.28. The molecule has 1 aromatic heterocycles. The highest BCUT2D eigenvalue weighted by Gasteiger charge is 2.16. The molecule has 0 aliphatic carbocycles. The van der Waals surface area contributed by atoms with Crippen molar-refractivity contribution in [3.63, 3.8) is 0 Å². The second-order valence-corrected chi connectivity index (χ2v) is 6.13. The second kappa shape index (κ2) is 6.05. The molecule has 0 aliphatic heterocycles. The zero-order valence-corrected chi connectivity index (χ0v) is 13.8. The van der Waals surface area contributed by atoms with Crippen molar-refractivity contribution in [3.05, 3.63) is 57.3 Å². The van der Waals surface area contributed by atoms with Gasteiger partial charge in [-0.15, -0.1) is 11.6 Å². The Balaban J connectivity index is 2.35. The van der Waals surface area contributed by atoms with E-state index in [0.29, 0.717) is 27.4 Å². The molecule has 3 rings (SSSR count). The Morgan fingerprint density at radius 1 is 1.00 bits per heavy atom. The summed E-state index contributed by atoms with van der Waals surface area (Å²) in [6.07, 6.45) is 0.617. The smallest absolute Gasteiger partial charge is 0.115 e. The Bertz CT molecular complexity index is 811. The summed E-state index contributed by atoms with van der Waals surface area (Å²) in [5, 5.41) is 1.74. The molecule has 0 saturated carbocycles. The van der Waals surface area contributed by atoms with Gasteiger partial charge in [-0.25, -0.2) is 4.98 Å². The van der Waals surface area contributed by atoms with Crippen LogP contribution < -0.4 is 0 Å². The van der Waals surface area contributed by atoms with Gasteiger partial charge >= 0.3 is 0 Å². The molecule has 108 valence electrons. The third kappa shape index (κ3) is 2.74. The van der Waals surface area contributed by atoms with E-state index in [1.54, 1.807) is 12.1 Å². The lowest BCUT2D eigenvalue weighted by molar-refractivity contribution is 0.912. The fourth-order valence-corrected chi connectivity index (χ4v) is 3.22. The predicted octanol–water partition coefficient (Wildman–Crippen LogP) is 5.77. The lowest BCUT2D eigenvalue weighted by atomic mass is 10.2. The van der Waals surface area contributed by atoms with Gasteiger partial charge in [-0.2, -0.15) is 0 Å². The zero-order valence-electron chi connectivity index (χ0n) is 10.8. The number of benzene rings is 2. The van der Waals surface area contributed by atoms with Crippen LogP contribution >= 0.6 is 46.4 Å². The Hall–Kier alpha value is -0.930. The normalized spacial score (nSPS) is 11.2. The van der Waals surface area contributed by atoms with Crippen molar-refractivity contribution in [3.8, 4) is 5.69 Å². The quantitative estimate of drug-likeness (QED) is 0.543. The van der Waals surface area contributed by atoms with Crippen LogP contribution in [0, 0.1) is 0 Å². The fraction of sp³-hybridized carbons (Fsp3) is 0.133. The zero-order chi connectivity index (χ0) is 15.0. The summed E-state index contributed by atoms with van der Waals surface area (Å²) < 4.78 is 1.94. The molecule has 0 atom stereocenters. The van der Waals surface area contributed by atoms with Crippen molar-refractivity contribution in [1.82, 2.24) is 9.55 Å². The van der Waals surface area contributed by atoms with Gasteiger partial charge in [0.15, 0.2) is 0 Å². The molecule has 0 saturated heterocycles. The lowest BCUT2D eigenvalue weighted by Gasteiger charge is -2.11. The number of rotatable bonds is 3. The molecule has 0 amide bonds. The van der Waals surface area contributed by atoms with E-state index in [1.165, 1.54) is 0 Å². The van der Waals surface area contributed by atoms with E-state index < -0.39 is 0 Å². The lowest BCUT2D eigenvalue weighted by Crippen LogP contribution is -2.03. The molecule has 2 aromatic carbocycles. The molecule has 0 unspecified atom stereocenters. The molecule has 2 nitrogen and oxygen atoms in total.